The van der Waals surface area contributed by atoms with Crippen LogP contribution in [0.1, 0.15) is 37.7 Å². The molecule has 0 bridgehead atoms. The first-order valence-corrected chi connectivity index (χ1v) is 10.0. The van der Waals surface area contributed by atoms with E-state index in [9.17, 15) is 19.9 Å². The van der Waals surface area contributed by atoms with Crippen molar-refractivity contribution < 1.29 is 19.9 Å². The Balaban J connectivity index is 2.14. The van der Waals surface area contributed by atoms with Gasteiger partial charge in [0.2, 0.25) is 0 Å². The molecular formula is C22H30BN3O4. The third kappa shape index (κ3) is 6.69. The van der Waals surface area contributed by atoms with Gasteiger partial charge in [0.05, 0.1) is 18.1 Å². The number of hydrogen-bond acceptors (Lipinski definition) is 6. The van der Waals surface area contributed by atoms with E-state index in [2.05, 4.69) is 22.2 Å². The second-order valence-corrected chi connectivity index (χ2v) is 7.81. The third-order valence-electron chi connectivity index (χ3n) is 4.70. The summed E-state index contributed by atoms with van der Waals surface area (Å²) in [6.07, 6.45) is 1.09. The van der Waals surface area contributed by atoms with Crippen LogP contribution >= 0.6 is 0 Å². The molecule has 0 aliphatic carbocycles. The number of nitrogens with zero attached hydrogens (tertiary/aromatic N) is 1. The molecular weight excluding hydrogens is 381 g/mol. The number of hydrogen-bond donors (Lipinski definition) is 5. The second-order valence-electron chi connectivity index (χ2n) is 7.81. The van der Waals surface area contributed by atoms with Crippen molar-refractivity contribution in [1.82, 2.24) is 15.6 Å². The van der Waals surface area contributed by atoms with Gasteiger partial charge < -0.3 is 25.8 Å². The van der Waals surface area contributed by atoms with Crippen LogP contribution in [-0.4, -0.2) is 51.3 Å². The SMILES string of the molecule is C=C(N[C@@H](CC(C)C)B(O)O)[C@@H](NC(=O)c1cc(-c2ccccc2)ccn1)C(C)O. The number of aliphatic hydroxyl groups excluding tert-OH is 1. The predicted molar refractivity (Wildman–Crippen MR) is 118 cm³/mol. The maximum Gasteiger partial charge on any atom is 0.475 e. The van der Waals surface area contributed by atoms with E-state index in [1.54, 1.807) is 12.3 Å². The van der Waals surface area contributed by atoms with Crippen molar-refractivity contribution in [3.05, 3.63) is 66.6 Å². The number of carbonyl (C=O) groups is 1. The first-order chi connectivity index (χ1) is 14.2. The topological polar surface area (TPSA) is 115 Å². The zero-order valence-electron chi connectivity index (χ0n) is 17.6. The normalized spacial score (nSPS) is 14.0. The van der Waals surface area contributed by atoms with Crippen LogP contribution < -0.4 is 10.6 Å². The molecule has 0 aliphatic rings. The summed E-state index contributed by atoms with van der Waals surface area (Å²) in [5, 5.41) is 35.1. The molecule has 1 aromatic carbocycles. The molecule has 0 saturated carbocycles. The van der Waals surface area contributed by atoms with Gasteiger partial charge in [-0.2, -0.15) is 0 Å². The summed E-state index contributed by atoms with van der Waals surface area (Å²) < 4.78 is 0. The average molecular weight is 411 g/mol. The quantitative estimate of drug-likeness (QED) is 0.381. The van der Waals surface area contributed by atoms with E-state index in [4.69, 9.17) is 0 Å². The zero-order valence-corrected chi connectivity index (χ0v) is 17.6. The van der Waals surface area contributed by atoms with Crippen LogP contribution in [0.4, 0.5) is 0 Å². The van der Waals surface area contributed by atoms with Crippen molar-refractivity contribution in [2.45, 2.75) is 45.3 Å². The molecule has 5 N–H and O–H groups in total. The van der Waals surface area contributed by atoms with E-state index in [-0.39, 0.29) is 17.3 Å². The molecule has 0 fully saturated rings. The molecule has 1 heterocycles. The van der Waals surface area contributed by atoms with Crippen molar-refractivity contribution in [3.63, 3.8) is 0 Å². The summed E-state index contributed by atoms with van der Waals surface area (Å²) in [6, 6.07) is 12.3. The average Bonchev–Trinajstić information content (AvgIpc) is 2.71. The highest BCUT2D eigenvalue weighted by atomic mass is 16.4. The summed E-state index contributed by atoms with van der Waals surface area (Å²) in [7, 11) is -1.60. The van der Waals surface area contributed by atoms with Gasteiger partial charge in [0, 0.05) is 11.9 Å². The van der Waals surface area contributed by atoms with Gasteiger partial charge >= 0.3 is 7.12 Å². The molecule has 0 saturated heterocycles. The molecule has 2 aromatic rings. The molecule has 1 amide bonds. The fourth-order valence-electron chi connectivity index (χ4n) is 3.17. The van der Waals surface area contributed by atoms with E-state index in [0.29, 0.717) is 6.42 Å². The van der Waals surface area contributed by atoms with Crippen molar-refractivity contribution in [2.75, 3.05) is 0 Å². The number of benzene rings is 1. The zero-order chi connectivity index (χ0) is 22.3. The molecule has 160 valence electrons. The Morgan fingerprint density at radius 1 is 1.10 bits per heavy atom. The highest BCUT2D eigenvalue weighted by Gasteiger charge is 2.29. The molecule has 2 rings (SSSR count). The van der Waals surface area contributed by atoms with Crippen molar-refractivity contribution in [3.8, 4) is 11.1 Å². The Morgan fingerprint density at radius 3 is 2.33 bits per heavy atom. The first kappa shape index (κ1) is 23.6. The smallest absolute Gasteiger partial charge is 0.426 e. The number of nitrogens with one attached hydrogen (secondary N) is 2. The number of pyridine rings is 1. The van der Waals surface area contributed by atoms with Crippen LogP contribution in [-0.2, 0) is 0 Å². The van der Waals surface area contributed by atoms with Crippen LogP contribution in [0.15, 0.2) is 60.9 Å². The summed E-state index contributed by atoms with van der Waals surface area (Å²) in [4.78, 5) is 16.9. The Hall–Kier alpha value is -2.68. The molecule has 1 unspecified atom stereocenters. The van der Waals surface area contributed by atoms with Crippen molar-refractivity contribution in [1.29, 1.82) is 0 Å². The highest BCUT2D eigenvalue weighted by molar-refractivity contribution is 6.43. The van der Waals surface area contributed by atoms with Gasteiger partial charge in [0.25, 0.3) is 5.91 Å². The van der Waals surface area contributed by atoms with E-state index < -0.39 is 31.1 Å². The number of aromatic nitrogens is 1. The first-order valence-electron chi connectivity index (χ1n) is 10.0. The van der Waals surface area contributed by atoms with Gasteiger partial charge in [0.15, 0.2) is 0 Å². The molecule has 0 spiro atoms. The third-order valence-corrected chi connectivity index (χ3v) is 4.70. The molecule has 30 heavy (non-hydrogen) atoms. The predicted octanol–water partition coefficient (Wildman–Crippen LogP) is 1.76. The molecule has 0 aliphatic heterocycles. The second kappa shape index (κ2) is 10.9. The molecule has 8 heteroatoms. The largest absolute Gasteiger partial charge is 0.475 e. The lowest BCUT2D eigenvalue weighted by atomic mass is 9.74. The Kier molecular flexibility index (Phi) is 8.59. The molecule has 0 radical (unpaired) electrons. The summed E-state index contributed by atoms with van der Waals surface area (Å²) in [5.41, 5.74) is 2.30. The van der Waals surface area contributed by atoms with Crippen LogP contribution in [0, 0.1) is 5.92 Å². The van der Waals surface area contributed by atoms with Gasteiger partial charge in [-0.1, -0.05) is 50.8 Å². The lowest BCUT2D eigenvalue weighted by molar-refractivity contribution is 0.0874. The molecule has 3 atom stereocenters. The van der Waals surface area contributed by atoms with Gasteiger partial charge in [0.1, 0.15) is 5.69 Å². The van der Waals surface area contributed by atoms with Crippen molar-refractivity contribution >= 4 is 13.0 Å². The number of amides is 1. The monoisotopic (exact) mass is 411 g/mol. The number of aliphatic hydroxyl groups is 1. The minimum absolute atomic E-state index is 0.204. The summed E-state index contributed by atoms with van der Waals surface area (Å²) in [6.45, 7) is 9.33. The van der Waals surface area contributed by atoms with Gasteiger partial charge in [-0.15, -0.1) is 0 Å². The lowest BCUT2D eigenvalue weighted by Gasteiger charge is -2.29. The van der Waals surface area contributed by atoms with Gasteiger partial charge in [-0.25, -0.2) is 0 Å². The molecule has 7 nitrogen and oxygen atoms in total. The van der Waals surface area contributed by atoms with Gasteiger partial charge in [-0.05, 0) is 42.5 Å². The Labute approximate surface area is 178 Å². The van der Waals surface area contributed by atoms with Crippen molar-refractivity contribution in [2.24, 2.45) is 5.92 Å². The van der Waals surface area contributed by atoms with Crippen LogP contribution in [0.3, 0.4) is 0 Å². The maximum absolute atomic E-state index is 12.8. The van der Waals surface area contributed by atoms with E-state index >= 15 is 0 Å². The van der Waals surface area contributed by atoms with E-state index in [1.165, 1.54) is 6.92 Å². The fourth-order valence-corrected chi connectivity index (χ4v) is 3.17. The fraction of sp³-hybridized carbons (Fsp3) is 0.364. The van der Waals surface area contributed by atoms with E-state index in [1.807, 2.05) is 50.2 Å². The number of carbonyl (C=O) groups excluding carboxylic acids is 1. The standard InChI is InChI=1S/C22H30BN3O4/c1-14(2)12-20(23(29)30)25-15(3)21(16(4)27)26-22(28)19-13-18(10-11-24-19)17-8-6-5-7-9-17/h5-11,13-14,16,20-21,25,27,29-30H,3,12H2,1-2,4H3,(H,26,28)/t16?,20-,21+/m0/s1. The Bertz CT molecular complexity index is 843. The molecule has 1 aromatic heterocycles. The van der Waals surface area contributed by atoms with Crippen LogP contribution in [0.5, 0.6) is 0 Å². The lowest BCUT2D eigenvalue weighted by Crippen LogP contribution is -2.52. The van der Waals surface area contributed by atoms with Crippen LogP contribution in [0.2, 0.25) is 0 Å². The Morgan fingerprint density at radius 2 is 1.77 bits per heavy atom. The van der Waals surface area contributed by atoms with Crippen LogP contribution in [0.25, 0.3) is 11.1 Å². The van der Waals surface area contributed by atoms with E-state index in [0.717, 1.165) is 11.1 Å². The summed E-state index contributed by atoms with van der Waals surface area (Å²) in [5.74, 6) is -0.927. The highest BCUT2D eigenvalue weighted by Crippen LogP contribution is 2.19. The summed E-state index contributed by atoms with van der Waals surface area (Å²) >= 11 is 0. The minimum atomic E-state index is -1.60. The number of rotatable bonds is 10. The minimum Gasteiger partial charge on any atom is -0.426 e. The van der Waals surface area contributed by atoms with Gasteiger partial charge in [-0.3, -0.25) is 9.78 Å². The maximum atomic E-state index is 12.8.